The van der Waals surface area contributed by atoms with Crippen LogP contribution in [0.1, 0.15) is 19.2 Å². The molecule has 5 heteroatoms. The summed E-state index contributed by atoms with van der Waals surface area (Å²) in [4.78, 5) is 0. The molecule has 1 aromatic heterocycles. The van der Waals surface area contributed by atoms with Crippen molar-refractivity contribution in [1.82, 2.24) is 20.1 Å². The van der Waals surface area contributed by atoms with Gasteiger partial charge in [0.15, 0.2) is 0 Å². The zero-order valence-corrected chi connectivity index (χ0v) is 9.31. The average molecular weight is 210 g/mol. The fraction of sp³-hybridized carbons (Fsp3) is 0.800. The molecular formula is C10H18N4O. The zero-order chi connectivity index (χ0) is 10.7. The predicted molar refractivity (Wildman–Crippen MR) is 56.2 cm³/mol. The highest BCUT2D eigenvalue weighted by Gasteiger charge is 2.23. The molecule has 1 aliphatic heterocycles. The molecule has 0 aromatic carbocycles. The van der Waals surface area contributed by atoms with Crippen LogP contribution in [-0.4, -0.2) is 34.0 Å². The minimum Gasteiger partial charge on any atom is -0.378 e. The standard InChI is InChI=1S/C10H18N4O/c1-8-9(3-4-15-8)5-11-6-10-13-12-7-14(10)2/h7-9,11H,3-6H2,1-2H3. The van der Waals surface area contributed by atoms with Gasteiger partial charge in [-0.1, -0.05) is 0 Å². The van der Waals surface area contributed by atoms with Gasteiger partial charge in [0.05, 0.1) is 12.6 Å². The van der Waals surface area contributed by atoms with Gasteiger partial charge in [-0.15, -0.1) is 10.2 Å². The van der Waals surface area contributed by atoms with Crippen LogP contribution < -0.4 is 5.32 Å². The minimum absolute atomic E-state index is 0.386. The van der Waals surface area contributed by atoms with Crippen LogP contribution in [0.3, 0.4) is 0 Å². The lowest BCUT2D eigenvalue weighted by Crippen LogP contribution is -2.27. The lowest BCUT2D eigenvalue weighted by atomic mass is 10.0. The summed E-state index contributed by atoms with van der Waals surface area (Å²) < 4.78 is 7.44. The number of aryl methyl sites for hydroxylation is 1. The van der Waals surface area contributed by atoms with Crippen LogP contribution >= 0.6 is 0 Å². The van der Waals surface area contributed by atoms with Crippen LogP contribution in [0.5, 0.6) is 0 Å². The van der Waals surface area contributed by atoms with Crippen LogP contribution in [0, 0.1) is 5.92 Å². The van der Waals surface area contributed by atoms with Gasteiger partial charge in [0.2, 0.25) is 0 Å². The highest BCUT2D eigenvalue weighted by atomic mass is 16.5. The van der Waals surface area contributed by atoms with Gasteiger partial charge in [-0.3, -0.25) is 0 Å². The van der Waals surface area contributed by atoms with Gasteiger partial charge in [0.1, 0.15) is 12.2 Å². The Hall–Kier alpha value is -0.940. The number of ether oxygens (including phenoxy) is 1. The Kier molecular flexibility index (Phi) is 3.33. The third-order valence-electron chi connectivity index (χ3n) is 3.03. The number of aromatic nitrogens is 3. The number of hydrogen-bond donors (Lipinski definition) is 1. The van der Waals surface area contributed by atoms with E-state index in [4.69, 9.17) is 4.74 Å². The van der Waals surface area contributed by atoms with E-state index in [1.54, 1.807) is 6.33 Å². The largest absolute Gasteiger partial charge is 0.378 e. The SMILES string of the molecule is CC1OCCC1CNCc1nncn1C. The molecule has 84 valence electrons. The minimum atomic E-state index is 0.386. The summed E-state index contributed by atoms with van der Waals surface area (Å²) in [5.74, 6) is 1.61. The summed E-state index contributed by atoms with van der Waals surface area (Å²) in [6.45, 7) is 4.81. The van der Waals surface area contributed by atoms with Crippen molar-refractivity contribution in [2.75, 3.05) is 13.2 Å². The molecule has 2 rings (SSSR count). The second-order valence-electron chi connectivity index (χ2n) is 4.11. The summed E-state index contributed by atoms with van der Waals surface area (Å²) in [5.41, 5.74) is 0. The molecule has 1 saturated heterocycles. The average Bonchev–Trinajstić information content (AvgIpc) is 2.78. The third kappa shape index (κ3) is 2.54. The normalized spacial score (nSPS) is 26.0. The van der Waals surface area contributed by atoms with E-state index in [-0.39, 0.29) is 0 Å². The quantitative estimate of drug-likeness (QED) is 0.778. The molecule has 1 aliphatic rings. The Labute approximate surface area is 89.8 Å². The number of rotatable bonds is 4. The van der Waals surface area contributed by atoms with Crippen LogP contribution in [-0.2, 0) is 18.3 Å². The summed E-state index contributed by atoms with van der Waals surface area (Å²) in [6.07, 6.45) is 3.27. The summed E-state index contributed by atoms with van der Waals surface area (Å²) >= 11 is 0. The van der Waals surface area contributed by atoms with Crippen molar-refractivity contribution in [1.29, 1.82) is 0 Å². The molecule has 0 spiro atoms. The number of nitrogens with one attached hydrogen (secondary N) is 1. The fourth-order valence-electron chi connectivity index (χ4n) is 1.88. The van der Waals surface area contributed by atoms with E-state index in [0.29, 0.717) is 12.0 Å². The van der Waals surface area contributed by atoms with E-state index >= 15 is 0 Å². The Bertz CT molecular complexity index is 312. The van der Waals surface area contributed by atoms with E-state index in [1.807, 2.05) is 11.6 Å². The lowest BCUT2D eigenvalue weighted by molar-refractivity contribution is 0.105. The first-order chi connectivity index (χ1) is 7.27. The Morgan fingerprint density at radius 2 is 2.53 bits per heavy atom. The van der Waals surface area contributed by atoms with Crippen molar-refractivity contribution >= 4 is 0 Å². The molecule has 2 heterocycles. The van der Waals surface area contributed by atoms with E-state index in [9.17, 15) is 0 Å². The third-order valence-corrected chi connectivity index (χ3v) is 3.03. The van der Waals surface area contributed by atoms with Crippen LogP contribution in [0.2, 0.25) is 0 Å². The molecule has 0 radical (unpaired) electrons. The Morgan fingerprint density at radius 3 is 3.13 bits per heavy atom. The van der Waals surface area contributed by atoms with Crippen molar-refractivity contribution < 1.29 is 4.74 Å². The molecule has 0 amide bonds. The first kappa shape index (κ1) is 10.6. The second-order valence-corrected chi connectivity index (χ2v) is 4.11. The Balaban J connectivity index is 1.73. The van der Waals surface area contributed by atoms with E-state index < -0.39 is 0 Å². The maximum absolute atomic E-state index is 5.50. The zero-order valence-electron chi connectivity index (χ0n) is 9.31. The first-order valence-corrected chi connectivity index (χ1v) is 5.42. The molecule has 1 fully saturated rings. The molecule has 0 aliphatic carbocycles. The fourth-order valence-corrected chi connectivity index (χ4v) is 1.88. The van der Waals surface area contributed by atoms with Gasteiger partial charge in [-0.25, -0.2) is 0 Å². The first-order valence-electron chi connectivity index (χ1n) is 5.42. The Morgan fingerprint density at radius 1 is 1.67 bits per heavy atom. The molecule has 5 nitrogen and oxygen atoms in total. The molecule has 1 aromatic rings. The molecule has 0 saturated carbocycles. The topological polar surface area (TPSA) is 52.0 Å². The highest BCUT2D eigenvalue weighted by Crippen LogP contribution is 2.19. The van der Waals surface area contributed by atoms with Crippen LogP contribution in [0.15, 0.2) is 6.33 Å². The molecule has 0 bridgehead atoms. The van der Waals surface area contributed by atoms with Crippen LogP contribution in [0.25, 0.3) is 0 Å². The monoisotopic (exact) mass is 210 g/mol. The lowest BCUT2D eigenvalue weighted by Gasteiger charge is -2.14. The van der Waals surface area contributed by atoms with Crippen molar-refractivity contribution in [3.8, 4) is 0 Å². The molecule has 2 unspecified atom stereocenters. The molecule has 15 heavy (non-hydrogen) atoms. The number of nitrogens with zero attached hydrogens (tertiary/aromatic N) is 3. The number of hydrogen-bond acceptors (Lipinski definition) is 4. The summed E-state index contributed by atoms with van der Waals surface area (Å²) in [7, 11) is 1.96. The molecule has 2 atom stereocenters. The van der Waals surface area contributed by atoms with Crippen LogP contribution in [0.4, 0.5) is 0 Å². The van der Waals surface area contributed by atoms with Gasteiger partial charge < -0.3 is 14.6 Å². The molecule has 1 N–H and O–H groups in total. The van der Waals surface area contributed by atoms with Gasteiger partial charge in [0.25, 0.3) is 0 Å². The van der Waals surface area contributed by atoms with Crippen molar-refractivity contribution in [2.45, 2.75) is 26.0 Å². The highest BCUT2D eigenvalue weighted by molar-refractivity contribution is 4.84. The van der Waals surface area contributed by atoms with Crippen molar-refractivity contribution in [3.63, 3.8) is 0 Å². The van der Waals surface area contributed by atoms with E-state index in [1.165, 1.54) is 0 Å². The van der Waals surface area contributed by atoms with E-state index in [0.717, 1.165) is 31.9 Å². The second kappa shape index (κ2) is 4.72. The van der Waals surface area contributed by atoms with Gasteiger partial charge in [-0.2, -0.15) is 0 Å². The maximum atomic E-state index is 5.50. The van der Waals surface area contributed by atoms with Gasteiger partial charge >= 0.3 is 0 Å². The summed E-state index contributed by atoms with van der Waals surface area (Å²) in [5, 5.41) is 11.3. The smallest absolute Gasteiger partial charge is 0.146 e. The maximum Gasteiger partial charge on any atom is 0.146 e. The predicted octanol–water partition coefficient (Wildman–Crippen LogP) is 0.330. The van der Waals surface area contributed by atoms with Crippen molar-refractivity contribution in [2.24, 2.45) is 13.0 Å². The van der Waals surface area contributed by atoms with Crippen molar-refractivity contribution in [3.05, 3.63) is 12.2 Å². The molecular weight excluding hydrogens is 192 g/mol. The van der Waals surface area contributed by atoms with Gasteiger partial charge in [0, 0.05) is 20.2 Å². The van der Waals surface area contributed by atoms with Gasteiger partial charge in [-0.05, 0) is 19.3 Å². The van der Waals surface area contributed by atoms with E-state index in [2.05, 4.69) is 22.4 Å². The summed E-state index contributed by atoms with van der Waals surface area (Å²) in [6, 6.07) is 0.